The predicted molar refractivity (Wildman–Crippen MR) is 198 cm³/mol. The van der Waals surface area contributed by atoms with Gasteiger partial charge in [0.25, 0.3) is 10.1 Å². The maximum atomic E-state index is 13.7. The van der Waals surface area contributed by atoms with Crippen LogP contribution in [0.1, 0.15) is 110 Å². The zero-order valence-corrected chi connectivity index (χ0v) is 32.5. The van der Waals surface area contributed by atoms with E-state index in [2.05, 4.69) is 58.1 Å². The highest BCUT2D eigenvalue weighted by molar-refractivity contribution is 7.86. The Morgan fingerprint density at radius 3 is 2.29 bits per heavy atom. The minimum absolute atomic E-state index is 0.138. The molecule has 10 heteroatoms. The van der Waals surface area contributed by atoms with Crippen LogP contribution in [0, 0.1) is 24.2 Å². The Bertz CT molecular complexity index is 1400. The van der Waals surface area contributed by atoms with Gasteiger partial charge in [0, 0.05) is 32.0 Å². The molecule has 0 radical (unpaired) electrons. The van der Waals surface area contributed by atoms with Crippen LogP contribution in [0.5, 0.6) is 0 Å². The highest BCUT2D eigenvalue weighted by atomic mass is 32.2. The second kappa shape index (κ2) is 20.2. The fourth-order valence-corrected chi connectivity index (χ4v) is 8.10. The first-order valence-electron chi connectivity index (χ1n) is 19.0. The summed E-state index contributed by atoms with van der Waals surface area (Å²) >= 11 is 0. The molecule has 2 aliphatic heterocycles. The number of hydrogen-bond donors (Lipinski definition) is 0. The lowest BCUT2D eigenvalue weighted by atomic mass is 9.81. The Labute approximate surface area is 307 Å². The lowest BCUT2D eigenvalue weighted by molar-refractivity contribution is -0.197. The minimum atomic E-state index is -4.05. The molecular weight excluding hydrogens is 669 g/mol. The smallest absolute Gasteiger partial charge is 0.305 e. The van der Waals surface area contributed by atoms with E-state index in [0.717, 1.165) is 50.5 Å². The maximum absolute atomic E-state index is 13.7. The van der Waals surface area contributed by atoms with Crippen LogP contribution in [0.15, 0.2) is 65.1 Å². The topological polar surface area (TPSA) is 107 Å². The summed E-state index contributed by atoms with van der Waals surface area (Å²) in [6.45, 7) is 11.9. The van der Waals surface area contributed by atoms with Crippen molar-refractivity contribution < 1.29 is 41.1 Å². The largest absolute Gasteiger partial charge is 0.469 e. The molecule has 3 aliphatic rings. The number of benzene rings is 1. The van der Waals surface area contributed by atoms with E-state index in [0.29, 0.717) is 45.3 Å². The molecule has 51 heavy (non-hydrogen) atoms. The van der Waals surface area contributed by atoms with Crippen molar-refractivity contribution >= 4 is 16.1 Å². The van der Waals surface area contributed by atoms with Crippen molar-refractivity contribution in [1.29, 1.82) is 0 Å². The summed E-state index contributed by atoms with van der Waals surface area (Å²) in [5, 5.41) is 0. The van der Waals surface area contributed by atoms with Gasteiger partial charge in [-0.15, -0.1) is 0 Å². The quantitative estimate of drug-likeness (QED) is 0.0634. The van der Waals surface area contributed by atoms with Gasteiger partial charge >= 0.3 is 5.97 Å². The summed E-state index contributed by atoms with van der Waals surface area (Å²) in [6.07, 6.45) is 18.2. The van der Waals surface area contributed by atoms with Gasteiger partial charge in [0.2, 0.25) is 0 Å². The number of methoxy groups -OCH3 is 1. The van der Waals surface area contributed by atoms with Gasteiger partial charge in [0.15, 0.2) is 12.6 Å². The molecule has 4 rings (SSSR count). The molecule has 0 bridgehead atoms. The molecule has 0 amide bonds. The Morgan fingerprint density at radius 1 is 0.980 bits per heavy atom. The molecule has 2 unspecified atom stereocenters. The van der Waals surface area contributed by atoms with Crippen molar-refractivity contribution in [2.24, 2.45) is 17.3 Å². The van der Waals surface area contributed by atoms with Crippen molar-refractivity contribution in [2.45, 2.75) is 147 Å². The molecule has 0 N–H and O–H groups in total. The highest BCUT2D eigenvalue weighted by Crippen LogP contribution is 2.43. The Morgan fingerprint density at radius 2 is 1.67 bits per heavy atom. The standard InChI is InChI=1S/C41H62O9S/c1-30(2)25-26-41(4,5)37(49-40-18-12-14-28-47-40)24-23-34-33(15-9-7-8-10-16-38(42)45-6)36(29-35(34)48-39-17-11-13-27-46-39)50-51(43,44)32-21-19-31(3)20-22-32/h7,9,19-25,33-37,39-40H,8,10-18,26-29H2,1-6H3/t33-,34-,35-,36+,37+,39?,40?/m1/s1. The molecule has 2 heterocycles. The van der Waals surface area contributed by atoms with Crippen LogP contribution in [-0.4, -0.2) is 65.6 Å². The number of rotatable bonds is 18. The van der Waals surface area contributed by atoms with Gasteiger partial charge in [-0.1, -0.05) is 67.5 Å². The summed E-state index contributed by atoms with van der Waals surface area (Å²) < 4.78 is 63.8. The normalized spacial score (nSPS) is 26.8. The number of hydrogen-bond acceptors (Lipinski definition) is 9. The predicted octanol–water partition coefficient (Wildman–Crippen LogP) is 8.76. The summed E-state index contributed by atoms with van der Waals surface area (Å²) in [5.41, 5.74) is 1.99. The van der Waals surface area contributed by atoms with Crippen LogP contribution in [0.3, 0.4) is 0 Å². The average Bonchev–Trinajstić information content (AvgIpc) is 3.41. The fourth-order valence-electron chi connectivity index (χ4n) is 6.98. The van der Waals surface area contributed by atoms with E-state index in [4.69, 9.17) is 27.9 Å². The molecule has 3 fully saturated rings. The van der Waals surface area contributed by atoms with E-state index in [9.17, 15) is 13.2 Å². The van der Waals surface area contributed by atoms with Crippen LogP contribution in [0.2, 0.25) is 0 Å². The maximum Gasteiger partial charge on any atom is 0.305 e. The summed E-state index contributed by atoms with van der Waals surface area (Å²) in [6, 6.07) is 6.76. The Balaban J connectivity index is 1.66. The highest BCUT2D eigenvalue weighted by Gasteiger charge is 2.46. The van der Waals surface area contributed by atoms with E-state index in [1.807, 2.05) is 6.92 Å². The van der Waals surface area contributed by atoms with E-state index >= 15 is 0 Å². The molecule has 0 spiro atoms. The van der Waals surface area contributed by atoms with Crippen molar-refractivity contribution in [1.82, 2.24) is 0 Å². The van der Waals surface area contributed by atoms with Gasteiger partial charge in [0.1, 0.15) is 0 Å². The molecule has 1 aliphatic carbocycles. The average molecular weight is 731 g/mol. The molecule has 1 aromatic carbocycles. The SMILES string of the molecule is COC(=O)CCCC=CC[C@@H]1[C@@H](C=C[C@H](OC2CCCCO2)C(C)(C)CC=C(C)C)[C@H](OC2CCCCO2)C[C@@H]1OS(=O)(=O)c1ccc(C)cc1. The zero-order chi connectivity index (χ0) is 36.9. The number of esters is 1. The van der Waals surface area contributed by atoms with Gasteiger partial charge in [-0.25, -0.2) is 0 Å². The number of carbonyl (C=O) groups excluding carboxylic acids is 1. The van der Waals surface area contributed by atoms with Crippen LogP contribution < -0.4 is 0 Å². The van der Waals surface area contributed by atoms with Gasteiger partial charge < -0.3 is 23.7 Å². The first-order chi connectivity index (χ1) is 24.4. The van der Waals surface area contributed by atoms with Crippen LogP contribution in [-0.2, 0) is 42.8 Å². The van der Waals surface area contributed by atoms with E-state index < -0.39 is 16.2 Å². The van der Waals surface area contributed by atoms with Crippen LogP contribution in [0.4, 0.5) is 0 Å². The Kier molecular flexibility index (Phi) is 16.4. The zero-order valence-electron chi connectivity index (χ0n) is 31.7. The van der Waals surface area contributed by atoms with Gasteiger partial charge in [-0.3, -0.25) is 8.98 Å². The van der Waals surface area contributed by atoms with E-state index in [1.54, 1.807) is 24.3 Å². The summed E-state index contributed by atoms with van der Waals surface area (Å²) in [7, 11) is -2.65. The van der Waals surface area contributed by atoms with Gasteiger partial charge in [0.05, 0.1) is 30.3 Å². The van der Waals surface area contributed by atoms with E-state index in [-0.39, 0.29) is 52.9 Å². The second-order valence-corrected chi connectivity index (χ2v) is 16.8. The molecule has 1 aromatic rings. The van der Waals surface area contributed by atoms with E-state index in [1.165, 1.54) is 12.7 Å². The monoisotopic (exact) mass is 730 g/mol. The summed E-state index contributed by atoms with van der Waals surface area (Å²) in [5.74, 6) is -0.613. The first kappa shape index (κ1) is 41.4. The lowest BCUT2D eigenvalue weighted by Gasteiger charge is -2.36. The third-order valence-electron chi connectivity index (χ3n) is 10.2. The lowest BCUT2D eigenvalue weighted by Crippen LogP contribution is -2.36. The molecule has 9 nitrogen and oxygen atoms in total. The van der Waals surface area contributed by atoms with Crippen molar-refractivity contribution in [3.8, 4) is 0 Å². The number of allylic oxidation sites excluding steroid dienone is 4. The van der Waals surface area contributed by atoms with Crippen LogP contribution >= 0.6 is 0 Å². The molecule has 0 aromatic heterocycles. The van der Waals surface area contributed by atoms with Crippen molar-refractivity contribution in [3.63, 3.8) is 0 Å². The minimum Gasteiger partial charge on any atom is -0.469 e. The van der Waals surface area contributed by atoms with Gasteiger partial charge in [-0.2, -0.15) is 8.42 Å². The fraction of sp³-hybridized carbons (Fsp3) is 0.683. The molecule has 7 atom stereocenters. The Hall–Kier alpha value is -2.34. The molecule has 2 saturated heterocycles. The molecule has 1 saturated carbocycles. The number of aryl methyl sites for hydroxylation is 1. The van der Waals surface area contributed by atoms with Crippen molar-refractivity contribution in [3.05, 3.63) is 65.8 Å². The third kappa shape index (κ3) is 13.2. The molecule has 286 valence electrons. The van der Waals surface area contributed by atoms with Gasteiger partial charge in [-0.05, 0) is 108 Å². The van der Waals surface area contributed by atoms with Crippen molar-refractivity contribution in [2.75, 3.05) is 20.3 Å². The molecular formula is C41H62O9S. The van der Waals surface area contributed by atoms with Crippen LogP contribution in [0.25, 0.3) is 0 Å². The number of carbonyl (C=O) groups is 1. The number of ether oxygens (including phenoxy) is 5. The summed E-state index contributed by atoms with van der Waals surface area (Å²) in [4.78, 5) is 11.8. The third-order valence-corrected chi connectivity index (χ3v) is 11.5. The first-order valence-corrected chi connectivity index (χ1v) is 20.4. The number of unbranched alkanes of at least 4 members (excludes halogenated alkanes) is 1. The second-order valence-electron chi connectivity index (χ2n) is 15.2.